The van der Waals surface area contributed by atoms with Crippen LogP contribution in [0.2, 0.25) is 0 Å². The van der Waals surface area contributed by atoms with Gasteiger partial charge in [-0.1, -0.05) is 13.2 Å². The van der Waals surface area contributed by atoms with E-state index in [-0.39, 0.29) is 6.61 Å². The second kappa shape index (κ2) is 4.30. The highest BCUT2D eigenvalue weighted by molar-refractivity contribution is 4.81. The zero-order valence-electron chi connectivity index (χ0n) is 7.99. The Labute approximate surface area is 78.1 Å². The molecule has 0 rings (SSSR count). The van der Waals surface area contributed by atoms with Gasteiger partial charge in [-0.15, -0.1) is 0 Å². The SMILES string of the molecule is C=COC(O)(OC=C)C(C)(C)CO. The largest absolute Gasteiger partial charge is 0.438 e. The summed E-state index contributed by atoms with van der Waals surface area (Å²) in [6.45, 7) is 9.46. The van der Waals surface area contributed by atoms with E-state index in [0.717, 1.165) is 12.5 Å². The van der Waals surface area contributed by atoms with Crippen LogP contribution in [0.1, 0.15) is 13.8 Å². The lowest BCUT2D eigenvalue weighted by Crippen LogP contribution is -2.49. The predicted octanol–water partition coefficient (Wildman–Crippen LogP) is 0.971. The second-order valence-corrected chi connectivity index (χ2v) is 3.19. The molecule has 0 aromatic carbocycles. The lowest BCUT2D eigenvalue weighted by atomic mass is 9.91. The fourth-order valence-electron chi connectivity index (χ4n) is 0.673. The number of rotatable bonds is 6. The number of aliphatic hydroxyl groups excluding tert-OH is 1. The van der Waals surface area contributed by atoms with E-state index >= 15 is 0 Å². The first-order chi connectivity index (χ1) is 5.93. The molecular formula is C9H16O4. The molecule has 0 saturated carbocycles. The minimum absolute atomic E-state index is 0.300. The van der Waals surface area contributed by atoms with Gasteiger partial charge in [-0.25, -0.2) is 0 Å². The van der Waals surface area contributed by atoms with E-state index in [2.05, 4.69) is 13.2 Å². The van der Waals surface area contributed by atoms with Gasteiger partial charge in [0.05, 0.1) is 24.5 Å². The Hall–Kier alpha value is -1.00. The van der Waals surface area contributed by atoms with E-state index in [4.69, 9.17) is 14.6 Å². The maximum absolute atomic E-state index is 9.79. The number of hydrogen-bond donors (Lipinski definition) is 2. The number of ether oxygens (including phenoxy) is 2. The van der Waals surface area contributed by atoms with Gasteiger partial charge in [-0.2, -0.15) is 0 Å². The second-order valence-electron chi connectivity index (χ2n) is 3.19. The first kappa shape index (κ1) is 12.0. The summed E-state index contributed by atoms with van der Waals surface area (Å²) in [6.07, 6.45) is 2.09. The Balaban J connectivity index is 4.74. The summed E-state index contributed by atoms with van der Waals surface area (Å²) in [5.74, 6) is -1.94. The number of hydrogen-bond acceptors (Lipinski definition) is 4. The van der Waals surface area contributed by atoms with Crippen LogP contribution in [-0.4, -0.2) is 22.8 Å². The van der Waals surface area contributed by atoms with E-state index in [1.807, 2.05) is 0 Å². The Kier molecular flexibility index (Phi) is 3.97. The van der Waals surface area contributed by atoms with Crippen molar-refractivity contribution in [1.82, 2.24) is 0 Å². The highest BCUT2D eigenvalue weighted by atomic mass is 16.8. The molecule has 13 heavy (non-hydrogen) atoms. The summed E-state index contributed by atoms with van der Waals surface area (Å²) in [6, 6.07) is 0. The van der Waals surface area contributed by atoms with Crippen LogP contribution in [0, 0.1) is 5.41 Å². The van der Waals surface area contributed by atoms with E-state index in [1.165, 1.54) is 0 Å². The molecule has 0 spiro atoms. The van der Waals surface area contributed by atoms with Crippen molar-refractivity contribution in [2.75, 3.05) is 6.61 Å². The van der Waals surface area contributed by atoms with Crippen molar-refractivity contribution in [2.24, 2.45) is 5.41 Å². The minimum atomic E-state index is -1.94. The molecule has 0 bridgehead atoms. The minimum Gasteiger partial charge on any atom is -0.438 e. The lowest BCUT2D eigenvalue weighted by Gasteiger charge is -2.37. The molecule has 0 aliphatic carbocycles. The van der Waals surface area contributed by atoms with Crippen LogP contribution < -0.4 is 0 Å². The van der Waals surface area contributed by atoms with Gasteiger partial charge in [-0.3, -0.25) is 0 Å². The molecule has 0 unspecified atom stereocenters. The van der Waals surface area contributed by atoms with Crippen molar-refractivity contribution >= 4 is 0 Å². The Morgan fingerprint density at radius 1 is 1.23 bits per heavy atom. The average Bonchev–Trinajstić information content (AvgIpc) is 2.05. The molecule has 0 aliphatic heterocycles. The molecule has 4 nitrogen and oxygen atoms in total. The van der Waals surface area contributed by atoms with Gasteiger partial charge in [-0.05, 0) is 13.8 Å². The molecule has 0 amide bonds. The fourth-order valence-corrected chi connectivity index (χ4v) is 0.673. The van der Waals surface area contributed by atoms with Crippen molar-refractivity contribution in [1.29, 1.82) is 0 Å². The average molecular weight is 188 g/mol. The number of aliphatic hydroxyl groups is 2. The van der Waals surface area contributed by atoms with Crippen molar-refractivity contribution in [2.45, 2.75) is 19.8 Å². The molecule has 0 saturated heterocycles. The third kappa shape index (κ3) is 2.47. The standard InChI is InChI=1S/C9H16O4/c1-5-12-9(11,13-6-2)8(3,4)7-10/h5-6,10-11H,1-2,7H2,3-4H3. The van der Waals surface area contributed by atoms with Gasteiger partial charge in [0, 0.05) is 0 Å². The molecule has 0 aromatic rings. The van der Waals surface area contributed by atoms with Gasteiger partial charge in [0.15, 0.2) is 0 Å². The normalized spacial score (nSPS) is 12.0. The van der Waals surface area contributed by atoms with Crippen LogP contribution in [0.15, 0.2) is 25.7 Å². The molecule has 0 heterocycles. The smallest absolute Gasteiger partial charge is 0.375 e. The summed E-state index contributed by atoms with van der Waals surface area (Å²) < 4.78 is 9.58. The molecule has 76 valence electrons. The Morgan fingerprint density at radius 3 is 1.85 bits per heavy atom. The highest BCUT2D eigenvalue weighted by Gasteiger charge is 2.47. The van der Waals surface area contributed by atoms with Crippen LogP contribution in [0.25, 0.3) is 0 Å². The van der Waals surface area contributed by atoms with Gasteiger partial charge in [0.25, 0.3) is 0 Å². The third-order valence-corrected chi connectivity index (χ3v) is 1.74. The third-order valence-electron chi connectivity index (χ3n) is 1.74. The van der Waals surface area contributed by atoms with E-state index in [1.54, 1.807) is 13.8 Å². The molecule has 0 radical (unpaired) electrons. The molecule has 2 N–H and O–H groups in total. The Morgan fingerprint density at radius 2 is 1.62 bits per heavy atom. The van der Waals surface area contributed by atoms with Crippen molar-refractivity contribution < 1.29 is 19.7 Å². The Bertz CT molecular complexity index is 176. The molecule has 0 atom stereocenters. The van der Waals surface area contributed by atoms with Gasteiger partial charge < -0.3 is 19.7 Å². The fraction of sp³-hybridized carbons (Fsp3) is 0.556. The van der Waals surface area contributed by atoms with Crippen molar-refractivity contribution in [3.63, 3.8) is 0 Å². The van der Waals surface area contributed by atoms with Gasteiger partial charge >= 0.3 is 5.97 Å². The summed E-state index contributed by atoms with van der Waals surface area (Å²) in [7, 11) is 0. The summed E-state index contributed by atoms with van der Waals surface area (Å²) in [4.78, 5) is 0. The predicted molar refractivity (Wildman–Crippen MR) is 48.4 cm³/mol. The maximum atomic E-state index is 9.79. The lowest BCUT2D eigenvalue weighted by molar-refractivity contribution is -0.373. The molecule has 0 aliphatic rings. The van der Waals surface area contributed by atoms with Gasteiger partial charge in [0.1, 0.15) is 0 Å². The van der Waals surface area contributed by atoms with Crippen LogP contribution in [0.3, 0.4) is 0 Å². The van der Waals surface area contributed by atoms with Crippen LogP contribution in [0.5, 0.6) is 0 Å². The van der Waals surface area contributed by atoms with Crippen molar-refractivity contribution in [3.05, 3.63) is 25.7 Å². The monoisotopic (exact) mass is 188 g/mol. The summed E-state index contributed by atoms with van der Waals surface area (Å²) in [5, 5.41) is 18.8. The van der Waals surface area contributed by atoms with Crippen LogP contribution >= 0.6 is 0 Å². The molecule has 0 aromatic heterocycles. The summed E-state index contributed by atoms with van der Waals surface area (Å²) in [5.41, 5.74) is -0.977. The first-order valence-corrected chi connectivity index (χ1v) is 3.84. The first-order valence-electron chi connectivity index (χ1n) is 3.84. The van der Waals surface area contributed by atoms with Crippen LogP contribution in [0.4, 0.5) is 0 Å². The zero-order chi connectivity index (χ0) is 10.5. The highest BCUT2D eigenvalue weighted by Crippen LogP contribution is 2.33. The van der Waals surface area contributed by atoms with Crippen LogP contribution in [-0.2, 0) is 9.47 Å². The van der Waals surface area contributed by atoms with E-state index in [9.17, 15) is 5.11 Å². The molecule has 0 fully saturated rings. The van der Waals surface area contributed by atoms with E-state index in [0.29, 0.717) is 0 Å². The summed E-state index contributed by atoms with van der Waals surface area (Å²) >= 11 is 0. The maximum Gasteiger partial charge on any atom is 0.375 e. The van der Waals surface area contributed by atoms with E-state index < -0.39 is 11.4 Å². The van der Waals surface area contributed by atoms with Gasteiger partial charge in [0.2, 0.25) is 0 Å². The quantitative estimate of drug-likeness (QED) is 0.481. The van der Waals surface area contributed by atoms with Crippen molar-refractivity contribution in [3.8, 4) is 0 Å². The zero-order valence-corrected chi connectivity index (χ0v) is 7.99. The molecule has 4 heteroatoms. The molecular weight excluding hydrogens is 172 g/mol. The topological polar surface area (TPSA) is 58.9 Å².